The van der Waals surface area contributed by atoms with Gasteiger partial charge in [-0.3, -0.25) is 10.2 Å². The van der Waals surface area contributed by atoms with Crippen molar-refractivity contribution in [3.05, 3.63) is 28.8 Å². The predicted octanol–water partition coefficient (Wildman–Crippen LogP) is 2.11. The van der Waals surface area contributed by atoms with Crippen LogP contribution in [0, 0.1) is 13.8 Å². The molecule has 0 bridgehead atoms. The molecule has 1 aromatic carbocycles. The molecule has 104 valence electrons. The number of methoxy groups -OCH3 is 1. The smallest absolute Gasteiger partial charge is 0.244 e. The molecule has 1 saturated carbocycles. The molecule has 0 saturated heterocycles. The molecule has 0 radical (unpaired) electrons. The van der Waals surface area contributed by atoms with E-state index in [9.17, 15) is 4.79 Å². The molecule has 0 heterocycles. The Morgan fingerprint density at radius 2 is 1.89 bits per heavy atom. The number of nitrogens with one attached hydrogen (secondary N) is 1. The molecule has 1 aliphatic rings. The molecule has 0 spiro atoms. The van der Waals surface area contributed by atoms with E-state index in [2.05, 4.69) is 12.3 Å². The highest BCUT2D eigenvalue weighted by Crippen LogP contribution is 2.44. The van der Waals surface area contributed by atoms with Crippen molar-refractivity contribution in [1.29, 1.82) is 0 Å². The van der Waals surface area contributed by atoms with Crippen LogP contribution in [0.3, 0.4) is 0 Å². The summed E-state index contributed by atoms with van der Waals surface area (Å²) in [7, 11) is 1.67. The van der Waals surface area contributed by atoms with Gasteiger partial charge < -0.3 is 4.74 Å². The zero-order valence-electron chi connectivity index (χ0n) is 11.9. The maximum absolute atomic E-state index is 12.3. The van der Waals surface area contributed by atoms with Crippen LogP contribution in [0.2, 0.25) is 0 Å². The molecule has 2 rings (SSSR count). The molecular weight excluding hydrogens is 240 g/mol. The largest absolute Gasteiger partial charge is 0.496 e. The van der Waals surface area contributed by atoms with E-state index in [1.165, 1.54) is 0 Å². The van der Waals surface area contributed by atoms with Crippen molar-refractivity contribution in [3.63, 3.8) is 0 Å². The summed E-state index contributed by atoms with van der Waals surface area (Å²) in [6.07, 6.45) is 3.86. The number of hydrogen-bond donors (Lipinski definition) is 2. The highest BCUT2D eigenvalue weighted by molar-refractivity contribution is 5.88. The van der Waals surface area contributed by atoms with Crippen LogP contribution < -0.4 is 16.0 Å². The van der Waals surface area contributed by atoms with Crippen molar-refractivity contribution < 1.29 is 9.53 Å². The molecule has 0 aromatic heterocycles. The van der Waals surface area contributed by atoms with Gasteiger partial charge in [-0.25, -0.2) is 5.84 Å². The number of amides is 1. The molecule has 0 aliphatic heterocycles. The van der Waals surface area contributed by atoms with E-state index < -0.39 is 5.41 Å². The van der Waals surface area contributed by atoms with Gasteiger partial charge in [-0.05, 0) is 49.4 Å². The van der Waals surface area contributed by atoms with Gasteiger partial charge >= 0.3 is 0 Å². The van der Waals surface area contributed by atoms with E-state index in [4.69, 9.17) is 10.6 Å². The Hall–Kier alpha value is -1.55. The van der Waals surface area contributed by atoms with Crippen molar-refractivity contribution in [2.75, 3.05) is 7.11 Å². The summed E-state index contributed by atoms with van der Waals surface area (Å²) >= 11 is 0. The zero-order valence-corrected chi connectivity index (χ0v) is 11.9. The van der Waals surface area contributed by atoms with Gasteiger partial charge in [-0.2, -0.15) is 0 Å². The Bertz CT molecular complexity index is 491. The molecule has 1 aliphatic carbocycles. The van der Waals surface area contributed by atoms with E-state index in [0.29, 0.717) is 0 Å². The molecule has 0 atom stereocenters. The van der Waals surface area contributed by atoms with Crippen molar-refractivity contribution >= 4 is 5.91 Å². The first-order valence-corrected chi connectivity index (χ1v) is 6.72. The maximum atomic E-state index is 12.3. The summed E-state index contributed by atoms with van der Waals surface area (Å²) in [5.41, 5.74) is 5.20. The normalized spacial score (nSPS) is 17.3. The second-order valence-corrected chi connectivity index (χ2v) is 5.33. The summed E-state index contributed by atoms with van der Waals surface area (Å²) in [5.74, 6) is 6.19. The van der Waals surface area contributed by atoms with Gasteiger partial charge in [0.2, 0.25) is 5.91 Å². The Balaban J connectivity index is 2.55. The van der Waals surface area contributed by atoms with E-state index in [-0.39, 0.29) is 5.91 Å². The first-order valence-electron chi connectivity index (χ1n) is 6.72. The van der Waals surface area contributed by atoms with Gasteiger partial charge in [0, 0.05) is 0 Å². The lowest BCUT2D eigenvalue weighted by Crippen LogP contribution is -2.46. The van der Waals surface area contributed by atoms with Crippen LogP contribution in [0.5, 0.6) is 5.75 Å². The van der Waals surface area contributed by atoms with E-state index >= 15 is 0 Å². The number of hydrazine groups is 1. The first kappa shape index (κ1) is 13.9. The Labute approximate surface area is 114 Å². The van der Waals surface area contributed by atoms with Crippen LogP contribution in [-0.2, 0) is 10.2 Å². The van der Waals surface area contributed by atoms with Gasteiger partial charge in [0.15, 0.2) is 0 Å². The number of hydrogen-bond acceptors (Lipinski definition) is 3. The van der Waals surface area contributed by atoms with Gasteiger partial charge in [0.25, 0.3) is 0 Å². The molecule has 1 amide bonds. The summed E-state index contributed by atoms with van der Waals surface area (Å²) in [6, 6.07) is 3.96. The van der Waals surface area contributed by atoms with Crippen LogP contribution in [0.15, 0.2) is 12.1 Å². The maximum Gasteiger partial charge on any atom is 0.244 e. The minimum absolute atomic E-state index is 0.0716. The van der Waals surface area contributed by atoms with E-state index in [0.717, 1.165) is 48.1 Å². The fraction of sp³-hybridized carbons (Fsp3) is 0.533. The summed E-state index contributed by atoms with van der Waals surface area (Å²) in [6.45, 7) is 4.08. The molecule has 4 heteroatoms. The van der Waals surface area contributed by atoms with Crippen LogP contribution in [0.25, 0.3) is 0 Å². The van der Waals surface area contributed by atoms with Crippen molar-refractivity contribution in [1.82, 2.24) is 5.43 Å². The third-order valence-corrected chi connectivity index (χ3v) is 4.50. The molecule has 1 aromatic rings. The van der Waals surface area contributed by atoms with E-state index in [1.54, 1.807) is 7.11 Å². The number of rotatable bonds is 3. The number of carbonyl (C=O) groups is 1. The lowest BCUT2D eigenvalue weighted by molar-refractivity contribution is -0.126. The third kappa shape index (κ3) is 2.10. The fourth-order valence-electron chi connectivity index (χ4n) is 3.27. The fourth-order valence-corrected chi connectivity index (χ4v) is 3.27. The number of nitrogens with two attached hydrogens (primary N) is 1. The molecule has 3 N–H and O–H groups in total. The van der Waals surface area contributed by atoms with E-state index in [1.807, 2.05) is 19.1 Å². The standard InChI is InChI=1S/C15H22N2O2/c1-10-11(2)13(19-3)7-6-12(10)15(14(18)17-16)8-4-5-9-15/h6-7H,4-5,8-9,16H2,1-3H3,(H,17,18). The topological polar surface area (TPSA) is 64.3 Å². The summed E-state index contributed by atoms with van der Waals surface area (Å²) in [5, 5.41) is 0. The number of benzene rings is 1. The highest BCUT2D eigenvalue weighted by Gasteiger charge is 2.43. The van der Waals surface area contributed by atoms with Crippen LogP contribution in [-0.4, -0.2) is 13.0 Å². The van der Waals surface area contributed by atoms with Crippen molar-refractivity contribution in [2.45, 2.75) is 44.9 Å². The van der Waals surface area contributed by atoms with Gasteiger partial charge in [-0.15, -0.1) is 0 Å². The Morgan fingerprint density at radius 3 is 2.42 bits per heavy atom. The molecule has 0 unspecified atom stereocenters. The lowest BCUT2D eigenvalue weighted by atomic mass is 9.75. The molecular formula is C15H22N2O2. The molecule has 1 fully saturated rings. The number of ether oxygens (including phenoxy) is 1. The lowest BCUT2D eigenvalue weighted by Gasteiger charge is -2.30. The van der Waals surface area contributed by atoms with Crippen LogP contribution in [0.1, 0.15) is 42.4 Å². The average Bonchev–Trinajstić information content (AvgIpc) is 2.91. The SMILES string of the molecule is COc1ccc(C2(C(=O)NN)CCCC2)c(C)c1C. The predicted molar refractivity (Wildman–Crippen MR) is 74.9 cm³/mol. The average molecular weight is 262 g/mol. The number of carbonyl (C=O) groups excluding carboxylic acids is 1. The van der Waals surface area contributed by atoms with Crippen molar-refractivity contribution in [3.8, 4) is 5.75 Å². The minimum Gasteiger partial charge on any atom is -0.496 e. The third-order valence-electron chi connectivity index (χ3n) is 4.50. The molecule has 4 nitrogen and oxygen atoms in total. The molecule has 19 heavy (non-hydrogen) atoms. The quantitative estimate of drug-likeness (QED) is 0.498. The van der Waals surface area contributed by atoms with Gasteiger partial charge in [0.1, 0.15) is 5.75 Å². The summed E-state index contributed by atoms with van der Waals surface area (Å²) < 4.78 is 5.34. The van der Waals surface area contributed by atoms with Crippen LogP contribution in [0.4, 0.5) is 0 Å². The monoisotopic (exact) mass is 262 g/mol. The van der Waals surface area contributed by atoms with Crippen LogP contribution >= 0.6 is 0 Å². The Kier molecular flexibility index (Phi) is 3.80. The van der Waals surface area contributed by atoms with Gasteiger partial charge in [-0.1, -0.05) is 18.9 Å². The first-order chi connectivity index (χ1) is 9.06. The minimum atomic E-state index is -0.462. The van der Waals surface area contributed by atoms with Crippen molar-refractivity contribution in [2.24, 2.45) is 5.84 Å². The Morgan fingerprint density at radius 1 is 1.26 bits per heavy atom. The zero-order chi connectivity index (χ0) is 14.0. The highest BCUT2D eigenvalue weighted by atomic mass is 16.5. The summed E-state index contributed by atoms with van der Waals surface area (Å²) in [4.78, 5) is 12.3. The van der Waals surface area contributed by atoms with Gasteiger partial charge in [0.05, 0.1) is 12.5 Å². The second kappa shape index (κ2) is 5.21. The second-order valence-electron chi connectivity index (χ2n) is 5.33.